The van der Waals surface area contributed by atoms with E-state index in [4.69, 9.17) is 4.74 Å². The fraction of sp³-hybridized carbons (Fsp3) is 0.333. The highest BCUT2D eigenvalue weighted by Crippen LogP contribution is 2.21. The first-order valence-electron chi connectivity index (χ1n) is 8.10. The van der Waals surface area contributed by atoms with E-state index in [9.17, 15) is 13.8 Å². The van der Waals surface area contributed by atoms with Crippen LogP contribution in [-0.2, 0) is 14.3 Å². The van der Waals surface area contributed by atoms with E-state index in [0.29, 0.717) is 24.0 Å². The minimum Gasteiger partial charge on any atom is -0.383 e. The van der Waals surface area contributed by atoms with E-state index in [1.165, 1.54) is 29.2 Å². The smallest absolute Gasteiger partial charge is 0.275 e. The van der Waals surface area contributed by atoms with Crippen LogP contribution < -0.4 is 10.2 Å². The summed E-state index contributed by atoms with van der Waals surface area (Å²) in [5.74, 6) is -0.800. The molecule has 2 aromatic rings. The van der Waals surface area contributed by atoms with Gasteiger partial charge in [0.05, 0.1) is 12.3 Å². The van der Waals surface area contributed by atoms with E-state index < -0.39 is 15.4 Å². The molecule has 1 heterocycles. The van der Waals surface area contributed by atoms with Crippen LogP contribution in [0.15, 0.2) is 29.6 Å². The van der Waals surface area contributed by atoms with Gasteiger partial charge < -0.3 is 15.0 Å². The second-order valence-corrected chi connectivity index (χ2v) is 9.91. The summed E-state index contributed by atoms with van der Waals surface area (Å²) in [5.41, 5.74) is 0.907. The molecular weight excluding hydrogens is 386 g/mol. The molecule has 0 aliphatic carbocycles. The lowest BCUT2D eigenvalue weighted by Crippen LogP contribution is -2.22. The second kappa shape index (κ2) is 9.12. The number of ketones is 1. The van der Waals surface area contributed by atoms with Gasteiger partial charge in [0.25, 0.3) is 5.91 Å². The Hall–Kier alpha value is -2.23. The third-order valence-electron chi connectivity index (χ3n) is 3.51. The first-order valence-corrected chi connectivity index (χ1v) is 11.4. The van der Waals surface area contributed by atoms with Crippen LogP contribution in [0.1, 0.15) is 20.8 Å². The molecule has 27 heavy (non-hydrogen) atoms. The molecule has 1 aromatic carbocycles. The molecule has 0 saturated heterocycles. The Balaban J connectivity index is 2.19. The van der Waals surface area contributed by atoms with Crippen molar-refractivity contribution in [2.45, 2.75) is 0 Å². The fourth-order valence-electron chi connectivity index (χ4n) is 2.18. The van der Waals surface area contributed by atoms with Gasteiger partial charge in [-0.1, -0.05) is 12.1 Å². The lowest BCUT2D eigenvalue weighted by Gasteiger charge is -2.14. The summed E-state index contributed by atoms with van der Waals surface area (Å²) in [7, 11) is 1.15. The van der Waals surface area contributed by atoms with Gasteiger partial charge in [-0.3, -0.25) is 13.8 Å². The number of hydrogen-bond donors (Lipinski definition) is 1. The van der Waals surface area contributed by atoms with E-state index >= 15 is 0 Å². The van der Waals surface area contributed by atoms with Crippen LogP contribution in [0.4, 0.5) is 10.8 Å². The summed E-state index contributed by atoms with van der Waals surface area (Å²) in [6.45, 7) is 1.22. The number of methoxy groups -OCH3 is 1. The number of Topliss-reactive ketones (excluding diaryl/α,β-unsaturated/α-hetero) is 1. The third kappa shape index (κ3) is 6.16. The van der Waals surface area contributed by atoms with Crippen molar-refractivity contribution in [2.75, 3.05) is 50.0 Å². The van der Waals surface area contributed by atoms with Crippen LogP contribution in [0.25, 0.3) is 0 Å². The molecule has 0 unspecified atom stereocenters. The van der Waals surface area contributed by atoms with Crippen molar-refractivity contribution >= 4 is 48.7 Å². The van der Waals surface area contributed by atoms with E-state index in [0.717, 1.165) is 0 Å². The molecule has 0 atom stereocenters. The minimum absolute atomic E-state index is 0.264. The predicted molar refractivity (Wildman–Crippen MR) is 112 cm³/mol. The molecule has 2 rings (SSSR count). The normalized spacial score (nSPS) is 11.1. The van der Waals surface area contributed by atoms with Crippen LogP contribution in [-0.4, -0.2) is 66.1 Å². The number of carbonyl (C=O) groups is 2. The van der Waals surface area contributed by atoms with Crippen molar-refractivity contribution in [3.05, 3.63) is 40.9 Å². The SMILES string of the molecule is COCCN(C)c1nc(C(=O)Nc2ccccc2C(=O)C=S(C)(C)=O)cs1. The Morgan fingerprint density at radius 1 is 1.33 bits per heavy atom. The lowest BCUT2D eigenvalue weighted by molar-refractivity contribution is 0.102. The van der Waals surface area contributed by atoms with Crippen LogP contribution in [0, 0.1) is 0 Å². The first-order chi connectivity index (χ1) is 12.7. The number of likely N-dealkylation sites (N-methyl/N-ethyl adjacent to an activating group) is 1. The van der Waals surface area contributed by atoms with Crippen molar-refractivity contribution in [3.8, 4) is 0 Å². The monoisotopic (exact) mass is 409 g/mol. The number of amides is 1. The topological polar surface area (TPSA) is 88.6 Å². The molecule has 1 aromatic heterocycles. The van der Waals surface area contributed by atoms with Crippen molar-refractivity contribution in [1.82, 2.24) is 4.98 Å². The molecule has 0 aliphatic heterocycles. The number of nitrogens with zero attached hydrogens (tertiary/aromatic N) is 2. The maximum absolute atomic E-state index is 12.5. The average Bonchev–Trinajstić information content (AvgIpc) is 3.09. The summed E-state index contributed by atoms with van der Waals surface area (Å²) < 4.78 is 16.9. The quantitative estimate of drug-likeness (QED) is 0.530. The zero-order valence-electron chi connectivity index (χ0n) is 15.7. The Morgan fingerprint density at radius 2 is 2.04 bits per heavy atom. The predicted octanol–water partition coefficient (Wildman–Crippen LogP) is 2.01. The molecule has 146 valence electrons. The van der Waals surface area contributed by atoms with E-state index in [2.05, 4.69) is 10.3 Å². The maximum Gasteiger partial charge on any atom is 0.275 e. The van der Waals surface area contributed by atoms with Crippen LogP contribution in [0.5, 0.6) is 0 Å². The molecular formula is C18H23N3O4S2. The van der Waals surface area contributed by atoms with Gasteiger partial charge in [-0.15, -0.1) is 11.3 Å². The first kappa shape index (κ1) is 21.1. The zero-order chi connectivity index (χ0) is 20.0. The number of anilines is 2. The Morgan fingerprint density at radius 3 is 2.70 bits per heavy atom. The number of hydrogen-bond acceptors (Lipinski definition) is 7. The minimum atomic E-state index is -2.35. The summed E-state index contributed by atoms with van der Waals surface area (Å²) in [5, 5.41) is 6.26. The average molecular weight is 410 g/mol. The summed E-state index contributed by atoms with van der Waals surface area (Å²) >= 11 is 1.35. The largest absolute Gasteiger partial charge is 0.383 e. The molecule has 0 spiro atoms. The van der Waals surface area contributed by atoms with Gasteiger partial charge in [0.15, 0.2) is 10.9 Å². The number of carbonyl (C=O) groups excluding carboxylic acids is 2. The number of benzene rings is 1. The lowest BCUT2D eigenvalue weighted by atomic mass is 10.1. The molecule has 1 amide bonds. The van der Waals surface area contributed by atoms with Gasteiger partial charge >= 0.3 is 0 Å². The molecule has 9 heteroatoms. The Bertz CT molecular complexity index is 938. The zero-order valence-corrected chi connectivity index (χ0v) is 17.4. The number of thiazole rings is 1. The van der Waals surface area contributed by atoms with Gasteiger partial charge in [-0.2, -0.15) is 0 Å². The van der Waals surface area contributed by atoms with Crippen molar-refractivity contribution in [1.29, 1.82) is 0 Å². The van der Waals surface area contributed by atoms with Gasteiger partial charge in [-0.25, -0.2) is 4.98 Å². The van der Waals surface area contributed by atoms with Gasteiger partial charge in [0.1, 0.15) is 5.69 Å². The standard InChI is InChI=1S/C18H23N3O4S2/c1-21(9-10-25-2)18-20-15(11-26-18)17(23)19-14-8-6-5-7-13(14)16(22)12-27(3,4)24/h5-8,11-12H,9-10H2,1-4H3,(H,19,23). The Kier molecular flexibility index (Phi) is 7.11. The molecule has 0 radical (unpaired) electrons. The maximum atomic E-state index is 12.5. The molecule has 0 bridgehead atoms. The van der Waals surface area contributed by atoms with Crippen LogP contribution in [0.2, 0.25) is 0 Å². The molecule has 0 fully saturated rings. The number of para-hydroxylation sites is 1. The van der Waals surface area contributed by atoms with E-state index in [-0.39, 0.29) is 17.0 Å². The highest BCUT2D eigenvalue weighted by Gasteiger charge is 2.16. The summed E-state index contributed by atoms with van der Waals surface area (Å²) in [6.07, 6.45) is 2.98. The van der Waals surface area contributed by atoms with Crippen molar-refractivity contribution in [3.63, 3.8) is 0 Å². The van der Waals surface area contributed by atoms with Crippen LogP contribution in [0.3, 0.4) is 0 Å². The highest BCUT2D eigenvalue weighted by molar-refractivity contribution is 8.01. The molecule has 0 saturated carbocycles. The number of ether oxygens (including phenoxy) is 1. The van der Waals surface area contributed by atoms with Crippen molar-refractivity contribution < 1.29 is 18.5 Å². The number of aromatic nitrogens is 1. The molecule has 1 N–H and O–H groups in total. The summed E-state index contributed by atoms with van der Waals surface area (Å²) in [6, 6.07) is 6.62. The summed E-state index contributed by atoms with van der Waals surface area (Å²) in [4.78, 5) is 31.1. The van der Waals surface area contributed by atoms with Crippen LogP contribution >= 0.6 is 11.3 Å². The third-order valence-corrected chi connectivity index (χ3v) is 5.25. The number of rotatable bonds is 8. The van der Waals surface area contributed by atoms with Gasteiger partial charge in [0, 0.05) is 49.5 Å². The fourth-order valence-corrected chi connectivity index (χ4v) is 3.62. The van der Waals surface area contributed by atoms with Gasteiger partial charge in [0.2, 0.25) is 0 Å². The highest BCUT2D eigenvalue weighted by atomic mass is 32.2. The molecule has 7 nitrogen and oxygen atoms in total. The Labute approximate surface area is 163 Å². The van der Waals surface area contributed by atoms with E-state index in [1.54, 1.807) is 36.8 Å². The molecule has 0 aliphatic rings. The van der Waals surface area contributed by atoms with Crippen molar-refractivity contribution in [2.24, 2.45) is 0 Å². The second-order valence-electron chi connectivity index (χ2n) is 6.22. The van der Waals surface area contributed by atoms with Gasteiger partial charge in [-0.05, 0) is 21.7 Å². The number of nitrogens with one attached hydrogen (secondary N) is 1. The van der Waals surface area contributed by atoms with E-state index in [1.807, 2.05) is 11.9 Å².